The highest BCUT2D eigenvalue weighted by Gasteiger charge is 2.67. The number of hydrogen-bond acceptors (Lipinski definition) is 4. The number of carbonyl (C=O) groups excluding carboxylic acids is 1. The molecule has 0 aromatic heterocycles. The molecule has 158 valence electrons. The van der Waals surface area contributed by atoms with Gasteiger partial charge in [-0.25, -0.2) is 5.06 Å². The van der Waals surface area contributed by atoms with Crippen LogP contribution in [0.3, 0.4) is 0 Å². The van der Waals surface area contributed by atoms with Gasteiger partial charge in [0.1, 0.15) is 17.9 Å². The van der Waals surface area contributed by atoms with E-state index in [0.29, 0.717) is 21.9 Å². The molecule has 1 saturated carbocycles. The maximum absolute atomic E-state index is 13.2. The predicted molar refractivity (Wildman–Crippen MR) is 124 cm³/mol. The van der Waals surface area contributed by atoms with Crippen LogP contribution < -0.4 is 4.74 Å². The van der Waals surface area contributed by atoms with E-state index in [-0.39, 0.29) is 18.1 Å². The van der Waals surface area contributed by atoms with Gasteiger partial charge in [0.15, 0.2) is 0 Å². The van der Waals surface area contributed by atoms with E-state index in [1.165, 1.54) is 12.2 Å². The molecule has 0 heterocycles. The number of halogens is 2. The third-order valence-corrected chi connectivity index (χ3v) is 6.83. The lowest BCUT2D eigenvalue weighted by molar-refractivity contribution is -0.273. The highest BCUT2D eigenvalue weighted by atomic mass is 127. The zero-order chi connectivity index (χ0) is 22.3. The van der Waals surface area contributed by atoms with Crippen molar-refractivity contribution >= 4 is 40.1 Å². The van der Waals surface area contributed by atoms with Gasteiger partial charge >= 0.3 is 0 Å². The number of amides is 1. The van der Waals surface area contributed by atoms with Crippen LogP contribution in [0, 0.1) is 25.7 Å². The van der Waals surface area contributed by atoms with Gasteiger partial charge in [-0.05, 0) is 59.0 Å². The maximum atomic E-state index is 13.2. The van der Waals surface area contributed by atoms with Crippen LogP contribution in [-0.4, -0.2) is 30.2 Å². The van der Waals surface area contributed by atoms with E-state index in [0.717, 1.165) is 3.57 Å². The molecule has 1 amide bonds. The Kier molecular flexibility index (Phi) is 6.38. The second-order valence-electron chi connectivity index (χ2n) is 8.62. The summed E-state index contributed by atoms with van der Waals surface area (Å²) in [6.45, 7) is 8.25. The zero-order valence-corrected chi connectivity index (χ0v) is 20.5. The summed E-state index contributed by atoms with van der Waals surface area (Å²) in [5, 5.41) is 10.9. The summed E-state index contributed by atoms with van der Waals surface area (Å²) in [6, 6.07) is 14.3. The van der Waals surface area contributed by atoms with Gasteiger partial charge in [-0.3, -0.25) is 9.63 Å². The molecule has 2 aromatic carbocycles. The minimum absolute atomic E-state index is 0.181. The number of ether oxygens (including phenoxy) is 1. The average molecular weight is 539 g/mol. The summed E-state index contributed by atoms with van der Waals surface area (Å²) in [6.07, 6.45) is -0.193. The number of hydrogen-bond donors (Lipinski definition) is 0. The average Bonchev–Trinajstić information content (AvgIpc) is 2.69. The minimum Gasteiger partial charge on any atom is -0.489 e. The fourth-order valence-electron chi connectivity index (χ4n) is 4.84. The van der Waals surface area contributed by atoms with Crippen molar-refractivity contribution in [1.82, 2.24) is 5.06 Å². The molecule has 0 bridgehead atoms. The molecule has 30 heavy (non-hydrogen) atoms. The standard InChI is InChI=1S/C23H24ClIN2O3/c1-22(2)20(27(29-5)19(28)14-6-9-16(25)10-7-14)23(3,4)21(22)30-17-11-8-15(13-26)18(24)12-17/h6-12,20-21H,1-5H3. The van der Waals surface area contributed by atoms with Crippen molar-refractivity contribution in [2.24, 2.45) is 10.8 Å². The van der Waals surface area contributed by atoms with E-state index in [9.17, 15) is 4.79 Å². The molecular weight excluding hydrogens is 515 g/mol. The first-order chi connectivity index (χ1) is 14.0. The van der Waals surface area contributed by atoms with Gasteiger partial charge in [-0.1, -0.05) is 39.3 Å². The normalized spacial score (nSPS) is 21.3. The fourth-order valence-corrected chi connectivity index (χ4v) is 5.41. The molecule has 3 rings (SSSR count). The van der Waals surface area contributed by atoms with Crippen molar-refractivity contribution in [3.05, 3.63) is 62.2 Å². The molecule has 0 atom stereocenters. The molecular formula is C23H24ClIN2O3. The fraction of sp³-hybridized carbons (Fsp3) is 0.391. The van der Waals surface area contributed by atoms with Crippen LogP contribution in [0.15, 0.2) is 42.5 Å². The Morgan fingerprint density at radius 2 is 1.73 bits per heavy atom. The first-order valence-corrected chi connectivity index (χ1v) is 11.0. The monoisotopic (exact) mass is 538 g/mol. The van der Waals surface area contributed by atoms with Crippen molar-refractivity contribution in [2.75, 3.05) is 7.11 Å². The van der Waals surface area contributed by atoms with Gasteiger partial charge in [0.05, 0.1) is 23.7 Å². The van der Waals surface area contributed by atoms with Crippen molar-refractivity contribution in [3.8, 4) is 11.8 Å². The number of hydroxylamine groups is 2. The summed E-state index contributed by atoms with van der Waals surface area (Å²) in [7, 11) is 1.52. The lowest BCUT2D eigenvalue weighted by atomic mass is 9.49. The van der Waals surface area contributed by atoms with Gasteiger partial charge in [-0.2, -0.15) is 5.26 Å². The second-order valence-corrected chi connectivity index (χ2v) is 10.3. The SMILES string of the molecule is CON(C(=O)c1ccc(I)cc1)C1C(C)(C)C(Oc2ccc(C#N)c(Cl)c2)C1(C)C. The Bertz CT molecular complexity index is 982. The number of nitriles is 1. The number of nitrogens with zero attached hydrogens (tertiary/aromatic N) is 2. The van der Waals surface area contributed by atoms with E-state index >= 15 is 0 Å². The molecule has 2 aromatic rings. The van der Waals surface area contributed by atoms with Crippen molar-refractivity contribution in [3.63, 3.8) is 0 Å². The van der Waals surface area contributed by atoms with Crippen LogP contribution in [0.5, 0.6) is 5.75 Å². The van der Waals surface area contributed by atoms with Gasteiger partial charge < -0.3 is 4.74 Å². The number of carbonyl (C=O) groups is 1. The number of rotatable bonds is 5. The summed E-state index contributed by atoms with van der Waals surface area (Å²) in [4.78, 5) is 18.8. The summed E-state index contributed by atoms with van der Waals surface area (Å²) >= 11 is 8.37. The minimum atomic E-state index is -0.390. The lowest BCUT2D eigenvalue weighted by Gasteiger charge is -2.64. The Morgan fingerprint density at radius 3 is 2.23 bits per heavy atom. The first-order valence-electron chi connectivity index (χ1n) is 9.53. The van der Waals surface area contributed by atoms with Crippen LogP contribution in [-0.2, 0) is 4.84 Å². The van der Waals surface area contributed by atoms with Crippen LogP contribution in [0.4, 0.5) is 0 Å². The quantitative estimate of drug-likeness (QED) is 0.362. The molecule has 1 fully saturated rings. The lowest BCUT2D eigenvalue weighted by Crippen LogP contribution is -2.75. The van der Waals surface area contributed by atoms with Crippen LogP contribution >= 0.6 is 34.2 Å². The highest BCUT2D eigenvalue weighted by Crippen LogP contribution is 2.58. The Balaban J connectivity index is 1.86. The topological polar surface area (TPSA) is 62.6 Å². The third kappa shape index (κ3) is 3.91. The van der Waals surface area contributed by atoms with E-state index in [2.05, 4.69) is 50.3 Å². The molecule has 0 radical (unpaired) electrons. The smallest absolute Gasteiger partial charge is 0.277 e. The van der Waals surface area contributed by atoms with Gasteiger partial charge in [0.2, 0.25) is 0 Å². The molecule has 0 unspecified atom stereocenters. The third-order valence-electron chi connectivity index (χ3n) is 5.80. The Labute approximate surface area is 196 Å². The molecule has 5 nitrogen and oxygen atoms in total. The van der Waals surface area contributed by atoms with Gasteiger partial charge in [0.25, 0.3) is 5.91 Å². The molecule has 1 aliphatic carbocycles. The Hall–Kier alpha value is -1.82. The van der Waals surface area contributed by atoms with Crippen LogP contribution in [0.1, 0.15) is 43.6 Å². The highest BCUT2D eigenvalue weighted by molar-refractivity contribution is 14.1. The second kappa shape index (κ2) is 8.37. The van der Waals surface area contributed by atoms with Gasteiger partial charge in [-0.15, -0.1) is 0 Å². The van der Waals surface area contributed by atoms with E-state index in [1.807, 2.05) is 30.3 Å². The summed E-state index contributed by atoms with van der Waals surface area (Å²) < 4.78 is 7.36. The summed E-state index contributed by atoms with van der Waals surface area (Å²) in [5.74, 6) is 0.413. The summed E-state index contributed by atoms with van der Waals surface area (Å²) in [5.41, 5.74) is 0.201. The van der Waals surface area contributed by atoms with Crippen molar-refractivity contribution in [2.45, 2.75) is 39.8 Å². The number of benzene rings is 2. The molecule has 1 aliphatic rings. The molecule has 0 saturated heterocycles. The zero-order valence-electron chi connectivity index (χ0n) is 17.6. The van der Waals surface area contributed by atoms with Gasteiger partial charge in [0, 0.05) is 26.0 Å². The van der Waals surface area contributed by atoms with E-state index in [1.54, 1.807) is 18.2 Å². The van der Waals surface area contributed by atoms with Crippen LogP contribution in [0.25, 0.3) is 0 Å². The van der Waals surface area contributed by atoms with E-state index < -0.39 is 10.8 Å². The van der Waals surface area contributed by atoms with Crippen molar-refractivity contribution < 1.29 is 14.4 Å². The molecule has 0 aliphatic heterocycles. The van der Waals surface area contributed by atoms with E-state index in [4.69, 9.17) is 26.4 Å². The van der Waals surface area contributed by atoms with Crippen molar-refractivity contribution in [1.29, 1.82) is 5.26 Å². The molecule has 0 spiro atoms. The van der Waals surface area contributed by atoms with Crippen LogP contribution in [0.2, 0.25) is 5.02 Å². The Morgan fingerprint density at radius 1 is 1.13 bits per heavy atom. The largest absolute Gasteiger partial charge is 0.489 e. The first kappa shape index (κ1) is 22.9. The predicted octanol–water partition coefficient (Wildman–Crippen LogP) is 5.70. The maximum Gasteiger partial charge on any atom is 0.277 e. The molecule has 0 N–H and O–H groups in total. The molecule has 7 heteroatoms.